The van der Waals surface area contributed by atoms with Crippen LogP contribution in [0.4, 0.5) is 4.79 Å². The van der Waals surface area contributed by atoms with Crippen molar-refractivity contribution in [1.82, 2.24) is 16.0 Å². The number of allylic oxidation sites excluding steroid dienone is 2. The molecule has 37 heavy (non-hydrogen) atoms. The minimum absolute atomic E-state index is 0.0911. The number of hydrogen-bond donors (Lipinski definition) is 3. The van der Waals surface area contributed by atoms with E-state index in [4.69, 9.17) is 9.47 Å². The first-order valence-electron chi connectivity index (χ1n) is 14.0. The van der Waals surface area contributed by atoms with Crippen molar-refractivity contribution in [2.24, 2.45) is 11.8 Å². The van der Waals surface area contributed by atoms with Crippen LogP contribution in [0, 0.1) is 11.8 Å². The number of alkyl carbamates (subject to hydrolysis) is 1. The number of ether oxygens (including phenoxy) is 2. The Balaban J connectivity index is 3.15. The van der Waals surface area contributed by atoms with Gasteiger partial charge in [-0.1, -0.05) is 58.6 Å². The molecule has 0 saturated carbocycles. The average Bonchev–Trinajstić information content (AvgIpc) is 2.85. The van der Waals surface area contributed by atoms with Crippen LogP contribution in [0.1, 0.15) is 98.3 Å². The van der Waals surface area contributed by atoms with Crippen molar-refractivity contribution in [2.45, 2.75) is 117 Å². The van der Waals surface area contributed by atoms with Crippen LogP contribution in [0.15, 0.2) is 12.2 Å². The summed E-state index contributed by atoms with van der Waals surface area (Å²) in [6.07, 6.45) is 11.6. The summed E-state index contributed by atoms with van der Waals surface area (Å²) < 4.78 is 10.9. The Labute approximate surface area is 222 Å². The molecule has 0 fully saturated rings. The second-order valence-corrected chi connectivity index (χ2v) is 10.2. The molecule has 0 radical (unpaired) electrons. The first-order chi connectivity index (χ1) is 17.7. The summed E-state index contributed by atoms with van der Waals surface area (Å²) in [5, 5.41) is 8.11. The van der Waals surface area contributed by atoms with E-state index in [1.54, 1.807) is 14.0 Å². The van der Waals surface area contributed by atoms with Crippen LogP contribution in [0.25, 0.3) is 0 Å². The molecule has 1 aliphatic heterocycles. The topological polar surface area (TPSA) is 123 Å². The first-order valence-corrected chi connectivity index (χ1v) is 14.0. The van der Waals surface area contributed by atoms with Gasteiger partial charge in [0, 0.05) is 13.0 Å². The summed E-state index contributed by atoms with van der Waals surface area (Å²) in [5.74, 6) is -1.73. The first kappa shape index (κ1) is 32.4. The number of carbonyl (C=O) groups is 4. The second kappa shape index (κ2) is 18.6. The standard InChI is InChI=1S/C28H49N3O6/c1-6-8-9-10-13-16-22-17-14-11-12-15-21(25(32)29-5)19-24(27(34)36-7-2)30-26(33)23(18-20(3)4)31-28(35)37-22/h11-12,20-24H,6-10,13-19H2,1-5H3,(H,29,32)(H,30,33)(H,31,35)/b12-11-/t21?,22?,23-,24-/m0/s1. The fourth-order valence-corrected chi connectivity index (χ4v) is 4.46. The van der Waals surface area contributed by atoms with Crippen LogP contribution < -0.4 is 16.0 Å². The smallest absolute Gasteiger partial charge is 0.408 e. The molecule has 0 aliphatic carbocycles. The molecule has 1 rings (SSSR count). The maximum Gasteiger partial charge on any atom is 0.408 e. The molecule has 0 bridgehead atoms. The molecule has 0 aromatic heterocycles. The van der Waals surface area contributed by atoms with Crippen molar-refractivity contribution in [1.29, 1.82) is 0 Å². The highest BCUT2D eigenvalue weighted by Gasteiger charge is 2.32. The van der Waals surface area contributed by atoms with E-state index in [1.807, 2.05) is 26.0 Å². The molecular weight excluding hydrogens is 474 g/mol. The molecule has 2 unspecified atom stereocenters. The lowest BCUT2D eigenvalue weighted by Crippen LogP contribution is -2.53. The zero-order valence-electron chi connectivity index (χ0n) is 23.5. The molecule has 9 nitrogen and oxygen atoms in total. The molecule has 1 heterocycles. The number of amides is 3. The van der Waals surface area contributed by atoms with Gasteiger partial charge in [0.15, 0.2) is 0 Å². The van der Waals surface area contributed by atoms with Gasteiger partial charge in [0.1, 0.15) is 18.2 Å². The summed E-state index contributed by atoms with van der Waals surface area (Å²) in [4.78, 5) is 51.4. The highest BCUT2D eigenvalue weighted by atomic mass is 16.6. The number of carbonyl (C=O) groups excluding carboxylic acids is 4. The van der Waals surface area contributed by atoms with E-state index in [0.717, 1.165) is 25.7 Å². The molecule has 3 amide bonds. The SMILES string of the molecule is CCCCCCCC1CC/C=C\CC(C(=O)NC)C[C@@H](C(=O)OCC)NC(=O)[C@H](CC(C)C)NC(=O)O1. The van der Waals surface area contributed by atoms with Gasteiger partial charge in [-0.3, -0.25) is 9.59 Å². The molecule has 1 aliphatic rings. The molecule has 0 saturated heterocycles. The Kier molecular flexibility index (Phi) is 16.3. The zero-order chi connectivity index (χ0) is 27.6. The lowest BCUT2D eigenvalue weighted by molar-refractivity contribution is -0.148. The van der Waals surface area contributed by atoms with Gasteiger partial charge in [-0.25, -0.2) is 9.59 Å². The number of unbranched alkanes of at least 4 members (excludes halogenated alkanes) is 4. The highest BCUT2D eigenvalue weighted by molar-refractivity contribution is 5.90. The Morgan fingerprint density at radius 1 is 1.11 bits per heavy atom. The maximum absolute atomic E-state index is 13.2. The van der Waals surface area contributed by atoms with Gasteiger partial charge in [-0.05, 0) is 57.8 Å². The molecule has 9 heteroatoms. The van der Waals surface area contributed by atoms with Crippen molar-refractivity contribution >= 4 is 23.9 Å². The Morgan fingerprint density at radius 2 is 1.84 bits per heavy atom. The summed E-state index contributed by atoms with van der Waals surface area (Å²) in [6.45, 7) is 7.91. The molecule has 4 atom stereocenters. The van der Waals surface area contributed by atoms with Crippen molar-refractivity contribution < 1.29 is 28.7 Å². The van der Waals surface area contributed by atoms with E-state index >= 15 is 0 Å². The normalized spacial score (nSPS) is 24.6. The third-order valence-corrected chi connectivity index (χ3v) is 6.49. The Hall–Kier alpha value is -2.58. The van der Waals surface area contributed by atoms with Crippen molar-refractivity contribution in [3.8, 4) is 0 Å². The van der Waals surface area contributed by atoms with Crippen LogP contribution in [-0.4, -0.2) is 55.7 Å². The third kappa shape index (κ3) is 13.5. The van der Waals surface area contributed by atoms with Crippen molar-refractivity contribution in [3.63, 3.8) is 0 Å². The predicted molar refractivity (Wildman–Crippen MR) is 144 cm³/mol. The summed E-state index contributed by atoms with van der Waals surface area (Å²) in [7, 11) is 1.55. The number of nitrogens with one attached hydrogen (secondary N) is 3. The van der Waals surface area contributed by atoms with E-state index in [2.05, 4.69) is 22.9 Å². The van der Waals surface area contributed by atoms with E-state index in [1.165, 1.54) is 12.8 Å². The van der Waals surface area contributed by atoms with Crippen LogP contribution in [0.3, 0.4) is 0 Å². The highest BCUT2D eigenvalue weighted by Crippen LogP contribution is 2.18. The second-order valence-electron chi connectivity index (χ2n) is 10.2. The van der Waals surface area contributed by atoms with Crippen LogP contribution >= 0.6 is 0 Å². The largest absolute Gasteiger partial charge is 0.464 e. The maximum atomic E-state index is 13.2. The number of esters is 1. The van der Waals surface area contributed by atoms with Gasteiger partial charge in [0.05, 0.1) is 6.61 Å². The van der Waals surface area contributed by atoms with Crippen molar-refractivity contribution in [3.05, 3.63) is 12.2 Å². The van der Waals surface area contributed by atoms with Gasteiger partial charge < -0.3 is 25.4 Å². The summed E-state index contributed by atoms with van der Waals surface area (Å²) in [6, 6.07) is -1.90. The van der Waals surface area contributed by atoms with Gasteiger partial charge in [0.2, 0.25) is 11.8 Å². The van der Waals surface area contributed by atoms with Crippen molar-refractivity contribution in [2.75, 3.05) is 13.7 Å². The molecule has 212 valence electrons. The number of hydrogen-bond acceptors (Lipinski definition) is 6. The molecule has 0 spiro atoms. The van der Waals surface area contributed by atoms with E-state index in [0.29, 0.717) is 25.7 Å². The summed E-state index contributed by atoms with van der Waals surface area (Å²) in [5.41, 5.74) is 0. The van der Waals surface area contributed by atoms with E-state index in [-0.39, 0.29) is 31.0 Å². The molecule has 0 aromatic rings. The minimum Gasteiger partial charge on any atom is -0.464 e. The van der Waals surface area contributed by atoms with Gasteiger partial charge in [-0.2, -0.15) is 0 Å². The Bertz CT molecular complexity index is 739. The average molecular weight is 524 g/mol. The van der Waals surface area contributed by atoms with Crippen LogP contribution in [0.5, 0.6) is 0 Å². The fourth-order valence-electron chi connectivity index (χ4n) is 4.46. The van der Waals surface area contributed by atoms with Gasteiger partial charge in [0.25, 0.3) is 0 Å². The third-order valence-electron chi connectivity index (χ3n) is 6.49. The van der Waals surface area contributed by atoms with Crippen LogP contribution in [0.2, 0.25) is 0 Å². The Morgan fingerprint density at radius 3 is 2.49 bits per heavy atom. The molecular formula is C28H49N3O6. The van der Waals surface area contributed by atoms with Crippen LogP contribution in [-0.2, 0) is 23.9 Å². The predicted octanol–water partition coefficient (Wildman–Crippen LogP) is 4.40. The fraction of sp³-hybridized carbons (Fsp3) is 0.786. The zero-order valence-corrected chi connectivity index (χ0v) is 23.5. The lowest BCUT2D eigenvalue weighted by Gasteiger charge is -2.26. The van der Waals surface area contributed by atoms with Gasteiger partial charge in [-0.15, -0.1) is 0 Å². The molecule has 0 aromatic carbocycles. The summed E-state index contributed by atoms with van der Waals surface area (Å²) >= 11 is 0. The minimum atomic E-state index is -1.02. The molecule has 3 N–H and O–H groups in total. The van der Waals surface area contributed by atoms with E-state index in [9.17, 15) is 19.2 Å². The number of cyclic esters (lactones) is 1. The lowest BCUT2D eigenvalue weighted by atomic mass is 9.94. The van der Waals surface area contributed by atoms with Gasteiger partial charge >= 0.3 is 12.1 Å². The monoisotopic (exact) mass is 523 g/mol. The van der Waals surface area contributed by atoms with E-state index < -0.39 is 36.0 Å². The number of rotatable bonds is 11. The quantitative estimate of drug-likeness (QED) is 0.210.